The van der Waals surface area contributed by atoms with Crippen molar-refractivity contribution in [3.8, 4) is 5.69 Å². The van der Waals surface area contributed by atoms with Gasteiger partial charge in [0.25, 0.3) is 5.91 Å². The van der Waals surface area contributed by atoms with Gasteiger partial charge in [0, 0.05) is 18.1 Å². The number of carbonyl (C=O) groups is 1. The van der Waals surface area contributed by atoms with Crippen molar-refractivity contribution in [1.29, 1.82) is 0 Å². The van der Waals surface area contributed by atoms with Crippen molar-refractivity contribution in [1.82, 2.24) is 30.2 Å². The number of hydrogen-bond acceptors (Lipinski definition) is 6. The molecule has 0 bridgehead atoms. The number of aromatic nitrogens is 6. The molecule has 1 N–H and O–H groups in total. The van der Waals surface area contributed by atoms with E-state index >= 15 is 0 Å². The second-order valence-corrected chi connectivity index (χ2v) is 3.85. The first kappa shape index (κ1) is 11.9. The normalized spacial score (nSPS) is 10.2. The zero-order valence-electron chi connectivity index (χ0n) is 10.2. The van der Waals surface area contributed by atoms with Crippen molar-refractivity contribution < 1.29 is 4.79 Å². The molecule has 2 aromatic heterocycles. The van der Waals surface area contributed by atoms with E-state index in [2.05, 4.69) is 30.8 Å². The Morgan fingerprint density at radius 2 is 2.20 bits per heavy atom. The van der Waals surface area contributed by atoms with Gasteiger partial charge in [-0.05, 0) is 28.6 Å². The molecular formula is C12H9N7O. The average Bonchev–Trinajstić information content (AvgIpc) is 3.03. The molecule has 0 saturated carbocycles. The van der Waals surface area contributed by atoms with Crippen LogP contribution >= 0.6 is 0 Å². The Labute approximate surface area is 113 Å². The summed E-state index contributed by atoms with van der Waals surface area (Å²) in [6, 6.07) is 7.14. The molecule has 0 unspecified atom stereocenters. The summed E-state index contributed by atoms with van der Waals surface area (Å²) in [5.41, 5.74) is 1.61. The minimum atomic E-state index is -0.327. The Bertz CT molecular complexity index is 712. The number of nitrogens with one attached hydrogen (secondary N) is 1. The molecule has 1 aromatic carbocycles. The van der Waals surface area contributed by atoms with Crippen molar-refractivity contribution in [3.05, 3.63) is 54.9 Å². The average molecular weight is 267 g/mol. The van der Waals surface area contributed by atoms with E-state index < -0.39 is 0 Å². The van der Waals surface area contributed by atoms with Gasteiger partial charge in [-0.3, -0.25) is 9.78 Å². The van der Waals surface area contributed by atoms with E-state index in [4.69, 9.17) is 0 Å². The van der Waals surface area contributed by atoms with Gasteiger partial charge in [0.05, 0.1) is 11.9 Å². The Morgan fingerprint density at radius 3 is 2.95 bits per heavy atom. The van der Waals surface area contributed by atoms with Crippen LogP contribution < -0.4 is 5.32 Å². The highest BCUT2D eigenvalue weighted by Gasteiger charge is 2.08. The van der Waals surface area contributed by atoms with Gasteiger partial charge in [0.15, 0.2) is 0 Å². The number of anilines is 1. The molecule has 3 rings (SSSR count). The van der Waals surface area contributed by atoms with Gasteiger partial charge in [-0.2, -0.15) is 0 Å². The van der Waals surface area contributed by atoms with Gasteiger partial charge >= 0.3 is 0 Å². The summed E-state index contributed by atoms with van der Waals surface area (Å²) in [6.07, 6.45) is 5.85. The third-order valence-electron chi connectivity index (χ3n) is 2.51. The van der Waals surface area contributed by atoms with Crippen LogP contribution in [-0.2, 0) is 0 Å². The van der Waals surface area contributed by atoms with Crippen molar-refractivity contribution in [2.75, 3.05) is 5.32 Å². The molecule has 8 heteroatoms. The molecule has 20 heavy (non-hydrogen) atoms. The number of tetrazole rings is 1. The van der Waals surface area contributed by atoms with Gasteiger partial charge in [-0.1, -0.05) is 6.07 Å². The SMILES string of the molecule is O=C(Nc1cccc(-n2cnnn2)c1)c1cnccn1. The van der Waals surface area contributed by atoms with E-state index in [0.717, 1.165) is 5.69 Å². The molecule has 0 radical (unpaired) electrons. The fourth-order valence-corrected chi connectivity index (χ4v) is 1.62. The molecule has 0 aliphatic carbocycles. The summed E-state index contributed by atoms with van der Waals surface area (Å²) < 4.78 is 1.50. The van der Waals surface area contributed by atoms with Crippen LogP contribution in [0.5, 0.6) is 0 Å². The minimum absolute atomic E-state index is 0.250. The molecule has 0 saturated heterocycles. The van der Waals surface area contributed by atoms with Crippen LogP contribution in [0.1, 0.15) is 10.5 Å². The molecule has 1 amide bonds. The summed E-state index contributed by atoms with van der Waals surface area (Å²) >= 11 is 0. The van der Waals surface area contributed by atoms with Crippen LogP contribution in [0.15, 0.2) is 49.2 Å². The van der Waals surface area contributed by atoms with Crippen molar-refractivity contribution >= 4 is 11.6 Å². The van der Waals surface area contributed by atoms with Gasteiger partial charge in [-0.15, -0.1) is 5.10 Å². The molecule has 0 fully saturated rings. The number of rotatable bonds is 3. The number of hydrogen-bond donors (Lipinski definition) is 1. The molecule has 2 heterocycles. The summed E-state index contributed by atoms with van der Waals surface area (Å²) in [5.74, 6) is -0.327. The fraction of sp³-hybridized carbons (Fsp3) is 0. The van der Waals surface area contributed by atoms with Crippen molar-refractivity contribution in [3.63, 3.8) is 0 Å². The number of nitrogens with zero attached hydrogens (tertiary/aromatic N) is 6. The third kappa shape index (κ3) is 2.48. The van der Waals surface area contributed by atoms with Gasteiger partial charge < -0.3 is 5.32 Å². The quantitative estimate of drug-likeness (QED) is 0.750. The van der Waals surface area contributed by atoms with E-state index in [-0.39, 0.29) is 11.6 Å². The van der Waals surface area contributed by atoms with Gasteiger partial charge in [0.1, 0.15) is 12.0 Å². The lowest BCUT2D eigenvalue weighted by molar-refractivity contribution is 0.102. The summed E-state index contributed by atoms with van der Waals surface area (Å²) in [5, 5.41) is 13.6. The Balaban J connectivity index is 1.82. The van der Waals surface area contributed by atoms with E-state index in [1.165, 1.54) is 29.6 Å². The molecule has 0 aliphatic heterocycles. The highest BCUT2D eigenvalue weighted by atomic mass is 16.1. The number of carbonyl (C=O) groups excluding carboxylic acids is 1. The molecule has 0 atom stereocenters. The maximum atomic E-state index is 12.0. The van der Waals surface area contributed by atoms with Gasteiger partial charge in [0.2, 0.25) is 0 Å². The molecular weight excluding hydrogens is 258 g/mol. The van der Waals surface area contributed by atoms with Crippen LogP contribution in [-0.4, -0.2) is 36.1 Å². The molecule has 0 spiro atoms. The van der Waals surface area contributed by atoms with Crippen molar-refractivity contribution in [2.24, 2.45) is 0 Å². The largest absolute Gasteiger partial charge is 0.321 e. The second-order valence-electron chi connectivity index (χ2n) is 3.85. The topological polar surface area (TPSA) is 98.5 Å². The summed E-state index contributed by atoms with van der Waals surface area (Å²) in [4.78, 5) is 19.7. The fourth-order valence-electron chi connectivity index (χ4n) is 1.62. The Hall–Kier alpha value is -3.16. The molecule has 98 valence electrons. The first-order valence-corrected chi connectivity index (χ1v) is 5.74. The third-order valence-corrected chi connectivity index (χ3v) is 2.51. The second kappa shape index (κ2) is 5.22. The first-order chi connectivity index (χ1) is 9.83. The van der Waals surface area contributed by atoms with Crippen LogP contribution in [0.4, 0.5) is 5.69 Å². The molecule has 0 aliphatic rings. The lowest BCUT2D eigenvalue weighted by Crippen LogP contribution is -2.14. The summed E-state index contributed by atoms with van der Waals surface area (Å²) in [6.45, 7) is 0. The van der Waals surface area contributed by atoms with Crippen LogP contribution in [0.25, 0.3) is 5.69 Å². The predicted octanol–water partition coefficient (Wildman–Crippen LogP) is 0.705. The Morgan fingerprint density at radius 1 is 1.25 bits per heavy atom. The highest BCUT2D eigenvalue weighted by Crippen LogP contribution is 2.13. The monoisotopic (exact) mass is 267 g/mol. The minimum Gasteiger partial charge on any atom is -0.321 e. The van der Waals surface area contributed by atoms with E-state index in [1.807, 2.05) is 6.07 Å². The maximum Gasteiger partial charge on any atom is 0.275 e. The zero-order valence-corrected chi connectivity index (χ0v) is 10.2. The van der Waals surface area contributed by atoms with Crippen LogP contribution in [0, 0.1) is 0 Å². The highest BCUT2D eigenvalue weighted by molar-refractivity contribution is 6.02. The number of amides is 1. The molecule has 8 nitrogen and oxygen atoms in total. The van der Waals surface area contributed by atoms with Crippen LogP contribution in [0.3, 0.4) is 0 Å². The number of benzene rings is 1. The zero-order chi connectivity index (χ0) is 13.8. The van der Waals surface area contributed by atoms with E-state index in [9.17, 15) is 4.79 Å². The summed E-state index contributed by atoms with van der Waals surface area (Å²) in [7, 11) is 0. The lowest BCUT2D eigenvalue weighted by Gasteiger charge is -2.06. The predicted molar refractivity (Wildman–Crippen MR) is 69.1 cm³/mol. The molecule has 3 aromatic rings. The lowest BCUT2D eigenvalue weighted by atomic mass is 10.2. The van der Waals surface area contributed by atoms with Crippen LogP contribution in [0.2, 0.25) is 0 Å². The maximum absolute atomic E-state index is 12.0. The van der Waals surface area contributed by atoms with Crippen molar-refractivity contribution in [2.45, 2.75) is 0 Å². The van der Waals surface area contributed by atoms with E-state index in [0.29, 0.717) is 5.69 Å². The van der Waals surface area contributed by atoms with E-state index in [1.54, 1.807) is 18.2 Å². The first-order valence-electron chi connectivity index (χ1n) is 5.74. The smallest absolute Gasteiger partial charge is 0.275 e. The Kier molecular flexibility index (Phi) is 3.11. The van der Waals surface area contributed by atoms with Gasteiger partial charge in [-0.25, -0.2) is 9.67 Å². The standard InChI is InChI=1S/C12H9N7O/c20-12(11-7-13-4-5-14-11)16-9-2-1-3-10(6-9)19-8-15-17-18-19/h1-8H,(H,16,20).